The Kier molecular flexibility index (Phi) is 3.64. The predicted octanol–water partition coefficient (Wildman–Crippen LogP) is 3.73. The van der Waals surface area contributed by atoms with Crippen LogP contribution in [0.5, 0.6) is 0 Å². The summed E-state index contributed by atoms with van der Waals surface area (Å²) in [5.74, 6) is -6.17. The Morgan fingerprint density at radius 1 is 1.19 bits per heavy atom. The molecule has 1 N–H and O–H groups in total. The highest BCUT2D eigenvalue weighted by atomic mass is 16.7. The maximum Gasteiger partial charge on any atom is 0.306 e. The molecule has 0 aliphatic rings. The summed E-state index contributed by atoms with van der Waals surface area (Å²) in [4.78, 5) is 27.2. The number of hydroxylamine groups is 2. The van der Waals surface area contributed by atoms with Gasteiger partial charge in [-0.2, -0.15) is 0 Å². The summed E-state index contributed by atoms with van der Waals surface area (Å²) in [6.45, 7) is -4.90. The van der Waals surface area contributed by atoms with Crippen LogP contribution in [0.25, 0.3) is 0 Å². The van der Waals surface area contributed by atoms with Crippen LogP contribution >= 0.6 is 0 Å². The van der Waals surface area contributed by atoms with Crippen molar-refractivity contribution in [2.45, 2.75) is 65.8 Å². The minimum atomic E-state index is -3.52. The van der Waals surface area contributed by atoms with Crippen molar-refractivity contribution in [1.82, 2.24) is 5.06 Å². The number of carbonyl (C=O) groups excluding carboxylic acids is 1. The zero-order valence-corrected chi connectivity index (χ0v) is 12.3. The lowest BCUT2D eigenvalue weighted by molar-refractivity contribution is -0.173. The minimum absolute atomic E-state index is 0.670. The molecular weight excluding hydrogens is 270 g/mol. The summed E-state index contributed by atoms with van der Waals surface area (Å²) in [6.07, 6.45) is -20.2. The molecular formula is C16H33NO4. The van der Waals surface area contributed by atoms with Gasteiger partial charge in [0, 0.05) is 37.6 Å². The molecule has 21 heavy (non-hydrogen) atoms. The molecule has 0 aromatic carbocycles. The second-order valence-corrected chi connectivity index (χ2v) is 3.59. The van der Waals surface area contributed by atoms with E-state index in [1.54, 1.807) is 0 Å². The largest absolute Gasteiger partial charge is 0.481 e. The first-order valence-electron chi connectivity index (χ1n) is 14.7. The van der Waals surface area contributed by atoms with E-state index in [-0.39, 0.29) is 0 Å². The van der Waals surface area contributed by atoms with Gasteiger partial charge in [0.1, 0.15) is 0 Å². The van der Waals surface area contributed by atoms with Crippen LogP contribution in [0, 0.1) is 11.8 Å². The van der Waals surface area contributed by atoms with E-state index < -0.39 is 75.7 Å². The second-order valence-electron chi connectivity index (χ2n) is 3.59. The van der Waals surface area contributed by atoms with Crippen molar-refractivity contribution in [3.63, 3.8) is 0 Å². The molecule has 126 valence electrons. The van der Waals surface area contributed by atoms with E-state index in [2.05, 4.69) is 4.84 Å². The van der Waals surface area contributed by atoms with Crippen LogP contribution in [-0.2, 0) is 14.4 Å². The topological polar surface area (TPSA) is 66.8 Å². The number of hydrogen-bond acceptors (Lipinski definition) is 3. The molecule has 0 aromatic rings. The van der Waals surface area contributed by atoms with Crippen molar-refractivity contribution in [1.29, 1.82) is 0 Å². The lowest BCUT2D eigenvalue weighted by Crippen LogP contribution is -2.30. The predicted molar refractivity (Wildman–Crippen MR) is 84.8 cm³/mol. The molecule has 0 saturated carbocycles. The molecule has 0 fully saturated rings. The number of aliphatic carboxylic acids is 1. The van der Waals surface area contributed by atoms with E-state index >= 15 is 0 Å². The summed E-state index contributed by atoms with van der Waals surface area (Å²) >= 11 is 0. The number of carbonyl (C=O) groups is 2. The Bertz CT molecular complexity index is 866. The van der Waals surface area contributed by atoms with Gasteiger partial charge in [0.15, 0.2) is 0 Å². The van der Waals surface area contributed by atoms with E-state index in [0.717, 1.165) is 21.0 Å². The smallest absolute Gasteiger partial charge is 0.306 e. The highest BCUT2D eigenvalue weighted by molar-refractivity contribution is 5.77. The van der Waals surface area contributed by atoms with Crippen LogP contribution in [0.3, 0.4) is 0 Å². The first-order chi connectivity index (χ1) is 16.7. The lowest BCUT2D eigenvalue weighted by atomic mass is 10.0. The molecule has 2 unspecified atom stereocenters. The first kappa shape index (κ1) is 5.52. The average Bonchev–Trinajstić information content (AvgIpc) is 2.74. The molecule has 0 radical (unpaired) electrons. The van der Waals surface area contributed by atoms with Crippen LogP contribution in [0.1, 0.15) is 90.5 Å². The lowest BCUT2D eigenvalue weighted by Gasteiger charge is -2.18. The van der Waals surface area contributed by atoms with Gasteiger partial charge in [-0.1, -0.05) is 53.0 Å². The Hall–Kier alpha value is -1.10. The van der Waals surface area contributed by atoms with Gasteiger partial charge in [0.25, 0.3) is 0 Å². The van der Waals surface area contributed by atoms with Gasteiger partial charge in [-0.05, 0) is 12.7 Å². The van der Waals surface area contributed by atoms with Crippen molar-refractivity contribution in [3.05, 3.63) is 0 Å². The molecule has 0 rings (SSSR count). The Morgan fingerprint density at radius 3 is 2.05 bits per heavy atom. The minimum Gasteiger partial charge on any atom is -0.481 e. The van der Waals surface area contributed by atoms with E-state index in [4.69, 9.17) is 29.8 Å². The molecule has 5 heteroatoms. The highest BCUT2D eigenvalue weighted by Crippen LogP contribution is 2.10. The van der Waals surface area contributed by atoms with Gasteiger partial charge in [-0.25, -0.2) is 5.06 Å². The molecule has 0 aliphatic heterocycles. The number of carboxylic acids is 1. The van der Waals surface area contributed by atoms with Crippen molar-refractivity contribution in [2.24, 2.45) is 11.8 Å². The fraction of sp³-hybridized carbons (Fsp3) is 0.875. The molecule has 0 saturated heterocycles. The average molecular weight is 322 g/mol. The highest BCUT2D eigenvalue weighted by Gasteiger charge is 2.16. The molecule has 0 aliphatic carbocycles. The van der Waals surface area contributed by atoms with E-state index in [0.29, 0.717) is 5.06 Å². The third-order valence-electron chi connectivity index (χ3n) is 2.03. The summed E-state index contributed by atoms with van der Waals surface area (Å²) in [6, 6.07) is 0. The zero-order valence-electron chi connectivity index (χ0n) is 30.3. The van der Waals surface area contributed by atoms with Crippen LogP contribution < -0.4 is 0 Å². The monoisotopic (exact) mass is 321 g/mol. The fourth-order valence-electron chi connectivity index (χ4n) is 0.775. The Balaban J connectivity index is 0. The van der Waals surface area contributed by atoms with Gasteiger partial charge in [-0.3, -0.25) is 14.4 Å². The van der Waals surface area contributed by atoms with E-state index in [1.165, 1.54) is 7.05 Å². The quantitative estimate of drug-likeness (QED) is 0.657. The Labute approximate surface area is 154 Å². The van der Waals surface area contributed by atoms with Gasteiger partial charge < -0.3 is 5.11 Å². The number of amides is 1. The van der Waals surface area contributed by atoms with E-state index in [1.807, 2.05) is 0 Å². The first-order valence-corrected chi connectivity index (χ1v) is 5.70. The number of nitrogens with zero attached hydrogens (tertiary/aromatic N) is 1. The number of rotatable bonds is 9. The third-order valence-corrected chi connectivity index (χ3v) is 2.03. The van der Waals surface area contributed by atoms with Crippen molar-refractivity contribution in [2.75, 3.05) is 14.2 Å². The zero-order chi connectivity index (χ0) is 32.6. The number of hydrogen-bond donors (Lipinski definition) is 1. The van der Waals surface area contributed by atoms with Gasteiger partial charge >= 0.3 is 5.97 Å². The van der Waals surface area contributed by atoms with Crippen molar-refractivity contribution < 1.29 is 44.2 Å². The molecule has 0 heterocycles. The summed E-state index contributed by atoms with van der Waals surface area (Å²) in [5, 5.41) is 9.35. The molecule has 2 atom stereocenters. The summed E-state index contributed by atoms with van der Waals surface area (Å²) in [5.41, 5.74) is 0. The van der Waals surface area contributed by atoms with Gasteiger partial charge in [-0.15, -0.1) is 0 Å². The van der Waals surface area contributed by atoms with Crippen molar-refractivity contribution in [3.8, 4) is 0 Å². The molecule has 0 spiro atoms. The molecule has 0 bridgehead atoms. The van der Waals surface area contributed by atoms with Crippen LogP contribution in [0.2, 0.25) is 0 Å². The molecule has 0 aromatic heterocycles. The SMILES string of the molecule is [2H]C([2H])([2H])C([2H])([2H])C([2H])([2H])C([2H])([2H])C(C)C(=O)N(C)OC.[2H]C([2H])([2H])C([2H])([2H])C([2H])([2H])C([2H])([2H])C(C)C(=O)O. The van der Waals surface area contributed by atoms with Crippen LogP contribution in [0.15, 0.2) is 0 Å². The summed E-state index contributed by atoms with van der Waals surface area (Å²) in [7, 11) is 2.33. The second kappa shape index (κ2) is 13.9. The standard InChI is InChI=1S/C9H19NO2.C7H14O2/c1-5-6-7-8(2)9(11)10(3)12-4;1-3-4-5-6(2)7(8)9/h8H,5-7H2,1-4H3;6H,3-5H2,1-2H3,(H,8,9)/i1D3,5D2,6D2,7D2;1D3,3D2,4D2,5D2. The summed E-state index contributed by atoms with van der Waals surface area (Å²) < 4.78 is 132. The maximum atomic E-state index is 11.9. The van der Waals surface area contributed by atoms with Gasteiger partial charge in [0.05, 0.1) is 13.0 Å². The normalized spacial score (nSPS) is 30.9. The fourth-order valence-corrected chi connectivity index (χ4v) is 0.775. The Morgan fingerprint density at radius 2 is 1.67 bits per heavy atom. The van der Waals surface area contributed by atoms with Crippen LogP contribution in [-0.4, -0.2) is 36.2 Å². The van der Waals surface area contributed by atoms with E-state index in [9.17, 15) is 9.59 Å². The molecule has 1 amide bonds. The maximum absolute atomic E-state index is 11.9. The van der Waals surface area contributed by atoms with Crippen LogP contribution in [0.4, 0.5) is 0 Å². The number of carboxylic acid groups (broad SMARTS) is 1. The van der Waals surface area contributed by atoms with Gasteiger partial charge in [0.2, 0.25) is 5.91 Å². The molecule has 5 nitrogen and oxygen atoms in total. The third kappa shape index (κ3) is 12.4. The van der Waals surface area contributed by atoms with Crippen molar-refractivity contribution >= 4 is 11.9 Å².